The molecule has 0 amide bonds. The fourth-order valence-electron chi connectivity index (χ4n) is 3.86. The summed E-state index contributed by atoms with van der Waals surface area (Å²) in [7, 11) is 0. The van der Waals surface area contributed by atoms with Gasteiger partial charge in [0.25, 0.3) is 0 Å². The van der Waals surface area contributed by atoms with Gasteiger partial charge in [0.1, 0.15) is 17.5 Å². The Balaban J connectivity index is 1.40. The van der Waals surface area contributed by atoms with Crippen molar-refractivity contribution in [2.45, 2.75) is 39.5 Å². The molecule has 7 nitrogen and oxygen atoms in total. The van der Waals surface area contributed by atoms with Crippen molar-refractivity contribution >= 4 is 17.3 Å². The number of hydrogen-bond acceptors (Lipinski definition) is 6. The van der Waals surface area contributed by atoms with Crippen molar-refractivity contribution in [2.24, 2.45) is 0 Å². The molecule has 2 aliphatic rings. The first kappa shape index (κ1) is 16.5. The smallest absolute Gasteiger partial charge is 0.157 e. The Labute approximate surface area is 159 Å². The highest BCUT2D eigenvalue weighted by Crippen LogP contribution is 2.39. The first-order valence-electron chi connectivity index (χ1n) is 9.76. The Morgan fingerprint density at radius 1 is 0.926 bits per heavy atom. The normalized spacial score (nSPS) is 17.7. The van der Waals surface area contributed by atoms with Gasteiger partial charge in [0, 0.05) is 61.2 Å². The second-order valence-electron chi connectivity index (χ2n) is 7.72. The maximum absolute atomic E-state index is 4.94. The fourth-order valence-corrected chi connectivity index (χ4v) is 3.86. The number of hydrogen-bond donors (Lipinski definition) is 0. The molecule has 3 aromatic heterocycles. The van der Waals surface area contributed by atoms with E-state index < -0.39 is 0 Å². The van der Waals surface area contributed by atoms with Gasteiger partial charge in [-0.05, 0) is 33.6 Å². The third-order valence-corrected chi connectivity index (χ3v) is 5.70. The van der Waals surface area contributed by atoms with Crippen LogP contribution in [0.3, 0.4) is 0 Å². The average Bonchev–Trinajstić information content (AvgIpc) is 3.41. The summed E-state index contributed by atoms with van der Waals surface area (Å²) < 4.78 is 1.94. The number of nitrogens with zero attached hydrogens (tertiary/aromatic N) is 7. The van der Waals surface area contributed by atoms with Gasteiger partial charge in [0.2, 0.25) is 0 Å². The highest BCUT2D eigenvalue weighted by molar-refractivity contribution is 5.54. The predicted octanol–water partition coefficient (Wildman–Crippen LogP) is 2.65. The summed E-state index contributed by atoms with van der Waals surface area (Å²) in [6, 6.07) is 4.08. The van der Waals surface area contributed by atoms with Crippen LogP contribution in [0.4, 0.5) is 11.6 Å². The van der Waals surface area contributed by atoms with Crippen molar-refractivity contribution in [3.05, 3.63) is 41.1 Å². The lowest BCUT2D eigenvalue weighted by molar-refractivity contribution is 0.628. The second kappa shape index (κ2) is 6.18. The van der Waals surface area contributed by atoms with E-state index in [1.165, 1.54) is 18.4 Å². The largest absolute Gasteiger partial charge is 0.353 e. The number of rotatable bonds is 3. The molecule has 0 N–H and O–H groups in total. The molecule has 1 saturated heterocycles. The molecule has 4 heterocycles. The van der Waals surface area contributed by atoms with Crippen LogP contribution >= 0.6 is 0 Å². The molecule has 2 fully saturated rings. The third-order valence-electron chi connectivity index (χ3n) is 5.70. The zero-order valence-electron chi connectivity index (χ0n) is 16.2. The molecule has 0 radical (unpaired) electrons. The Hall–Kier alpha value is -2.70. The van der Waals surface area contributed by atoms with Gasteiger partial charge < -0.3 is 9.80 Å². The molecule has 7 heteroatoms. The van der Waals surface area contributed by atoms with Crippen molar-refractivity contribution < 1.29 is 0 Å². The molecule has 0 spiro atoms. The highest BCUT2D eigenvalue weighted by atomic mass is 15.4. The third kappa shape index (κ3) is 2.91. The zero-order valence-corrected chi connectivity index (χ0v) is 16.2. The van der Waals surface area contributed by atoms with Crippen LogP contribution in [0.2, 0.25) is 0 Å². The van der Waals surface area contributed by atoms with Crippen LogP contribution in [0.1, 0.15) is 41.5 Å². The molecule has 0 atom stereocenters. The molecule has 140 valence electrons. The van der Waals surface area contributed by atoms with E-state index >= 15 is 0 Å². The van der Waals surface area contributed by atoms with Gasteiger partial charge >= 0.3 is 0 Å². The van der Waals surface area contributed by atoms with Crippen molar-refractivity contribution in [1.82, 2.24) is 24.6 Å². The number of aromatic nitrogens is 5. The van der Waals surface area contributed by atoms with Crippen molar-refractivity contribution in [1.29, 1.82) is 0 Å². The van der Waals surface area contributed by atoms with E-state index in [1.54, 1.807) is 0 Å². The Bertz CT molecular complexity index is 997. The first-order valence-corrected chi connectivity index (χ1v) is 9.76. The number of anilines is 2. The van der Waals surface area contributed by atoms with E-state index in [9.17, 15) is 0 Å². The van der Waals surface area contributed by atoms with Gasteiger partial charge in [-0.25, -0.2) is 15.0 Å². The van der Waals surface area contributed by atoms with E-state index in [4.69, 9.17) is 9.97 Å². The van der Waals surface area contributed by atoms with Crippen LogP contribution < -0.4 is 9.80 Å². The first-order chi connectivity index (χ1) is 13.1. The predicted molar refractivity (Wildman–Crippen MR) is 106 cm³/mol. The zero-order chi connectivity index (χ0) is 18.5. The minimum Gasteiger partial charge on any atom is -0.353 e. The number of fused-ring (bicyclic) bond motifs is 1. The number of aryl methyl sites for hydroxylation is 2. The lowest BCUT2D eigenvalue weighted by atomic mass is 10.2. The monoisotopic (exact) mass is 363 g/mol. The molecule has 0 aromatic carbocycles. The van der Waals surface area contributed by atoms with Gasteiger partial charge in [-0.2, -0.15) is 9.61 Å². The average molecular weight is 363 g/mol. The summed E-state index contributed by atoms with van der Waals surface area (Å²) in [5.74, 6) is 3.87. The van der Waals surface area contributed by atoms with Crippen LogP contribution in [0.15, 0.2) is 18.3 Å². The lowest BCUT2D eigenvalue weighted by Crippen LogP contribution is -2.47. The topological polar surface area (TPSA) is 62.5 Å². The highest BCUT2D eigenvalue weighted by Gasteiger charge is 2.29. The molecule has 1 aliphatic carbocycles. The van der Waals surface area contributed by atoms with Crippen molar-refractivity contribution in [2.75, 3.05) is 36.0 Å². The van der Waals surface area contributed by atoms with Crippen LogP contribution in [0.25, 0.3) is 5.65 Å². The Morgan fingerprint density at radius 3 is 2.41 bits per heavy atom. The van der Waals surface area contributed by atoms with Crippen LogP contribution in [0, 0.1) is 20.8 Å². The summed E-state index contributed by atoms with van der Waals surface area (Å²) in [6.07, 6.45) is 4.28. The lowest BCUT2D eigenvalue weighted by Gasteiger charge is -2.37. The molecule has 1 aliphatic heterocycles. The van der Waals surface area contributed by atoms with Gasteiger partial charge in [-0.15, -0.1) is 0 Å². The van der Waals surface area contributed by atoms with Crippen molar-refractivity contribution in [3.63, 3.8) is 0 Å². The van der Waals surface area contributed by atoms with Gasteiger partial charge in [0.05, 0.1) is 6.20 Å². The van der Waals surface area contributed by atoms with E-state index in [0.717, 1.165) is 60.7 Å². The standard InChI is InChI=1S/C20H25N7/c1-13-12-18(27-17(22-13)6-7-21-27)25-8-10-26(11-9-25)20-14(2)15(3)23-19(24-20)16-4-5-16/h6-7,12,16H,4-5,8-11H2,1-3H3. The SMILES string of the molecule is Cc1cc(N2CCN(c3nc(C4CC4)nc(C)c3C)CC2)n2nccc2n1. The van der Waals surface area contributed by atoms with Gasteiger partial charge in [-0.3, -0.25) is 0 Å². The van der Waals surface area contributed by atoms with E-state index in [-0.39, 0.29) is 0 Å². The van der Waals surface area contributed by atoms with Crippen LogP contribution in [-0.2, 0) is 0 Å². The quantitative estimate of drug-likeness (QED) is 0.713. The summed E-state index contributed by atoms with van der Waals surface area (Å²) in [5, 5.41) is 4.45. The summed E-state index contributed by atoms with van der Waals surface area (Å²) in [4.78, 5) is 19.0. The van der Waals surface area contributed by atoms with E-state index in [0.29, 0.717) is 5.92 Å². The molecule has 3 aromatic rings. The maximum atomic E-state index is 4.94. The van der Waals surface area contributed by atoms with E-state index in [1.807, 2.05) is 23.7 Å². The summed E-state index contributed by atoms with van der Waals surface area (Å²) >= 11 is 0. The molecular formula is C20H25N7. The van der Waals surface area contributed by atoms with Crippen LogP contribution in [-0.4, -0.2) is 50.7 Å². The number of piperazine rings is 1. The van der Waals surface area contributed by atoms with Crippen LogP contribution in [0.5, 0.6) is 0 Å². The van der Waals surface area contributed by atoms with Gasteiger partial charge in [-0.1, -0.05) is 0 Å². The minimum absolute atomic E-state index is 0.581. The van der Waals surface area contributed by atoms with Crippen molar-refractivity contribution in [3.8, 4) is 0 Å². The maximum Gasteiger partial charge on any atom is 0.157 e. The molecule has 27 heavy (non-hydrogen) atoms. The molecule has 1 saturated carbocycles. The summed E-state index contributed by atoms with van der Waals surface area (Å²) in [6.45, 7) is 10.1. The fraction of sp³-hybridized carbons (Fsp3) is 0.500. The van der Waals surface area contributed by atoms with Gasteiger partial charge in [0.15, 0.2) is 5.65 Å². The minimum atomic E-state index is 0.581. The molecular weight excluding hydrogens is 338 g/mol. The molecule has 0 bridgehead atoms. The Morgan fingerprint density at radius 2 is 1.67 bits per heavy atom. The molecule has 5 rings (SSSR count). The summed E-state index contributed by atoms with van der Waals surface area (Å²) in [5.41, 5.74) is 4.26. The van der Waals surface area contributed by atoms with E-state index in [2.05, 4.69) is 39.8 Å². The second-order valence-corrected chi connectivity index (χ2v) is 7.72. The molecule has 0 unspecified atom stereocenters. The Kier molecular flexibility index (Phi) is 3.77.